The van der Waals surface area contributed by atoms with Crippen molar-refractivity contribution in [3.05, 3.63) is 81.3 Å². The fourth-order valence-electron chi connectivity index (χ4n) is 3.35. The SMILES string of the molecule is O=C(Nc1ccc2c(c1)N(S(=O)(=O)c1ccc(Cl)cc1)C[C@@H](CO)O2)c1c(Cl)cccc1Cl. The summed E-state index contributed by atoms with van der Waals surface area (Å²) in [6, 6.07) is 15.0. The second-order valence-corrected chi connectivity index (χ2v) is 10.3. The van der Waals surface area contributed by atoms with Gasteiger partial charge in [-0.2, -0.15) is 0 Å². The average molecular weight is 528 g/mol. The molecule has 0 radical (unpaired) electrons. The first-order chi connectivity index (χ1) is 15.7. The molecule has 33 heavy (non-hydrogen) atoms. The smallest absolute Gasteiger partial charge is 0.264 e. The number of hydrogen-bond acceptors (Lipinski definition) is 5. The molecule has 0 fully saturated rings. The van der Waals surface area contributed by atoms with E-state index in [4.69, 9.17) is 39.5 Å². The Balaban J connectivity index is 1.72. The highest BCUT2D eigenvalue weighted by molar-refractivity contribution is 7.92. The van der Waals surface area contributed by atoms with Gasteiger partial charge in [0.2, 0.25) is 0 Å². The third-order valence-electron chi connectivity index (χ3n) is 4.94. The number of carbonyl (C=O) groups excluding carboxylic acids is 1. The number of halogens is 3. The number of carbonyl (C=O) groups is 1. The fourth-order valence-corrected chi connectivity index (χ4v) is 5.55. The maximum atomic E-state index is 13.4. The van der Waals surface area contributed by atoms with Crippen molar-refractivity contribution in [2.24, 2.45) is 0 Å². The van der Waals surface area contributed by atoms with E-state index in [-0.39, 0.29) is 45.1 Å². The largest absolute Gasteiger partial charge is 0.484 e. The van der Waals surface area contributed by atoms with Crippen LogP contribution in [0.3, 0.4) is 0 Å². The molecule has 3 aromatic carbocycles. The lowest BCUT2D eigenvalue weighted by molar-refractivity contribution is 0.102. The summed E-state index contributed by atoms with van der Waals surface area (Å²) in [6.07, 6.45) is -0.762. The first kappa shape index (κ1) is 23.7. The Bertz CT molecular complexity index is 1300. The highest BCUT2D eigenvalue weighted by Crippen LogP contribution is 2.39. The molecule has 0 bridgehead atoms. The summed E-state index contributed by atoms with van der Waals surface area (Å²) in [6.45, 7) is -0.502. The second-order valence-electron chi connectivity index (χ2n) is 7.15. The zero-order valence-corrected chi connectivity index (χ0v) is 19.9. The van der Waals surface area contributed by atoms with Gasteiger partial charge in [0, 0.05) is 10.7 Å². The number of amides is 1. The Kier molecular flexibility index (Phi) is 6.74. The summed E-state index contributed by atoms with van der Waals surface area (Å²) in [7, 11) is -4.02. The van der Waals surface area contributed by atoms with Gasteiger partial charge in [-0.1, -0.05) is 40.9 Å². The molecular formula is C22H17Cl3N2O5S. The molecule has 7 nitrogen and oxygen atoms in total. The van der Waals surface area contributed by atoms with Gasteiger partial charge in [0.25, 0.3) is 15.9 Å². The van der Waals surface area contributed by atoms with Crippen molar-refractivity contribution in [1.82, 2.24) is 0 Å². The van der Waals surface area contributed by atoms with Crippen LogP contribution in [0.15, 0.2) is 65.6 Å². The Morgan fingerprint density at radius 1 is 1.06 bits per heavy atom. The van der Waals surface area contributed by atoms with Gasteiger partial charge in [-0.3, -0.25) is 9.10 Å². The zero-order valence-electron chi connectivity index (χ0n) is 16.8. The predicted molar refractivity (Wildman–Crippen MR) is 128 cm³/mol. The summed E-state index contributed by atoms with van der Waals surface area (Å²) in [5.41, 5.74) is 0.607. The number of aliphatic hydroxyl groups excluding tert-OH is 1. The number of sulfonamides is 1. The molecule has 172 valence electrons. The maximum absolute atomic E-state index is 13.4. The molecule has 4 rings (SSSR count). The third kappa shape index (κ3) is 4.76. The Morgan fingerprint density at radius 3 is 2.36 bits per heavy atom. The minimum atomic E-state index is -4.02. The first-order valence-electron chi connectivity index (χ1n) is 9.66. The minimum Gasteiger partial charge on any atom is -0.484 e. The lowest BCUT2D eigenvalue weighted by Crippen LogP contribution is -2.45. The zero-order chi connectivity index (χ0) is 23.8. The van der Waals surface area contributed by atoms with E-state index < -0.39 is 22.0 Å². The van der Waals surface area contributed by atoms with Crippen LogP contribution in [0.25, 0.3) is 0 Å². The summed E-state index contributed by atoms with van der Waals surface area (Å²) >= 11 is 18.1. The average Bonchev–Trinajstić information content (AvgIpc) is 2.78. The molecule has 1 amide bonds. The van der Waals surface area contributed by atoms with Crippen LogP contribution in [0.2, 0.25) is 15.1 Å². The number of fused-ring (bicyclic) bond motifs is 1. The van der Waals surface area contributed by atoms with Gasteiger partial charge in [-0.05, 0) is 54.6 Å². The molecule has 0 saturated heterocycles. The van der Waals surface area contributed by atoms with E-state index in [0.29, 0.717) is 10.7 Å². The quantitative estimate of drug-likeness (QED) is 0.495. The van der Waals surface area contributed by atoms with E-state index in [1.54, 1.807) is 24.3 Å². The van der Waals surface area contributed by atoms with Crippen LogP contribution < -0.4 is 14.4 Å². The molecule has 1 aliphatic rings. The Morgan fingerprint density at radius 2 is 1.73 bits per heavy atom. The highest BCUT2D eigenvalue weighted by Gasteiger charge is 2.34. The lowest BCUT2D eigenvalue weighted by atomic mass is 10.1. The molecule has 0 spiro atoms. The van der Waals surface area contributed by atoms with Crippen LogP contribution in [0.1, 0.15) is 10.4 Å². The number of nitrogens with zero attached hydrogens (tertiary/aromatic N) is 1. The van der Waals surface area contributed by atoms with Gasteiger partial charge in [0.05, 0.1) is 39.3 Å². The monoisotopic (exact) mass is 526 g/mol. The number of anilines is 2. The molecule has 1 aliphatic heterocycles. The van der Waals surface area contributed by atoms with Crippen molar-refractivity contribution in [2.75, 3.05) is 22.8 Å². The van der Waals surface area contributed by atoms with Crippen LogP contribution in [0.5, 0.6) is 5.75 Å². The normalized spacial score (nSPS) is 15.5. The van der Waals surface area contributed by atoms with Crippen molar-refractivity contribution in [3.63, 3.8) is 0 Å². The number of ether oxygens (including phenoxy) is 1. The highest BCUT2D eigenvalue weighted by atomic mass is 35.5. The van der Waals surface area contributed by atoms with Crippen LogP contribution in [-0.2, 0) is 10.0 Å². The molecule has 1 atom stereocenters. The van der Waals surface area contributed by atoms with E-state index in [1.807, 2.05) is 0 Å². The van der Waals surface area contributed by atoms with Gasteiger partial charge in [0.15, 0.2) is 0 Å². The number of benzene rings is 3. The van der Waals surface area contributed by atoms with Gasteiger partial charge in [-0.15, -0.1) is 0 Å². The van der Waals surface area contributed by atoms with Crippen LogP contribution in [-0.4, -0.2) is 38.7 Å². The third-order valence-corrected chi connectivity index (χ3v) is 7.62. The predicted octanol–water partition coefficient (Wildman–Crippen LogP) is 4.85. The summed E-state index contributed by atoms with van der Waals surface area (Å²) in [5.74, 6) is -0.311. The Labute approximate surface area is 205 Å². The maximum Gasteiger partial charge on any atom is 0.264 e. The van der Waals surface area contributed by atoms with Gasteiger partial charge >= 0.3 is 0 Å². The summed E-state index contributed by atoms with van der Waals surface area (Å²) in [5, 5.41) is 13.1. The number of rotatable bonds is 5. The van der Waals surface area contributed by atoms with Crippen molar-refractivity contribution in [3.8, 4) is 5.75 Å². The number of aliphatic hydroxyl groups is 1. The molecule has 0 unspecified atom stereocenters. The van der Waals surface area contributed by atoms with Crippen molar-refractivity contribution in [2.45, 2.75) is 11.0 Å². The van der Waals surface area contributed by atoms with Gasteiger partial charge in [0.1, 0.15) is 11.9 Å². The van der Waals surface area contributed by atoms with Gasteiger partial charge in [-0.25, -0.2) is 8.42 Å². The Hall–Kier alpha value is -2.49. The summed E-state index contributed by atoms with van der Waals surface area (Å²) in [4.78, 5) is 12.8. The van der Waals surface area contributed by atoms with Crippen LogP contribution >= 0.6 is 34.8 Å². The lowest BCUT2D eigenvalue weighted by Gasteiger charge is -2.35. The fraction of sp³-hybridized carbons (Fsp3) is 0.136. The van der Waals surface area contributed by atoms with E-state index in [2.05, 4.69) is 5.32 Å². The molecule has 3 aromatic rings. The van der Waals surface area contributed by atoms with Crippen molar-refractivity contribution >= 4 is 62.1 Å². The molecule has 1 heterocycles. The molecule has 0 saturated carbocycles. The summed E-state index contributed by atoms with van der Waals surface area (Å²) < 4.78 is 33.6. The molecule has 0 aliphatic carbocycles. The molecule has 0 aromatic heterocycles. The van der Waals surface area contributed by atoms with E-state index in [9.17, 15) is 18.3 Å². The van der Waals surface area contributed by atoms with Gasteiger partial charge < -0.3 is 15.2 Å². The van der Waals surface area contributed by atoms with Crippen LogP contribution in [0, 0.1) is 0 Å². The topological polar surface area (TPSA) is 95.9 Å². The van der Waals surface area contributed by atoms with E-state index >= 15 is 0 Å². The standard InChI is InChI=1S/C22H17Cl3N2O5S/c23-13-4-7-16(8-5-13)33(30,31)27-11-15(12-28)32-20-9-6-14(10-19(20)27)26-22(29)21-17(24)2-1-3-18(21)25/h1-10,15,28H,11-12H2,(H,26,29)/t15-/m0/s1. The molecular weight excluding hydrogens is 511 g/mol. The van der Waals surface area contributed by atoms with Crippen LogP contribution in [0.4, 0.5) is 11.4 Å². The molecule has 2 N–H and O–H groups in total. The second kappa shape index (κ2) is 9.40. The minimum absolute atomic E-state index is 0.0220. The number of hydrogen-bond donors (Lipinski definition) is 2. The van der Waals surface area contributed by atoms with E-state index in [0.717, 1.165) is 4.31 Å². The van der Waals surface area contributed by atoms with Crippen molar-refractivity contribution in [1.29, 1.82) is 0 Å². The van der Waals surface area contributed by atoms with Crippen molar-refractivity contribution < 1.29 is 23.1 Å². The van der Waals surface area contributed by atoms with E-state index in [1.165, 1.54) is 36.4 Å². The molecule has 11 heteroatoms. The first-order valence-corrected chi connectivity index (χ1v) is 12.2. The number of nitrogens with one attached hydrogen (secondary N) is 1.